The summed E-state index contributed by atoms with van der Waals surface area (Å²) in [5.74, 6) is 1.98. The first-order valence-corrected chi connectivity index (χ1v) is 6.35. The first-order valence-electron chi connectivity index (χ1n) is 5.97. The molecule has 0 spiro atoms. The predicted octanol–water partition coefficient (Wildman–Crippen LogP) is 4.16. The van der Waals surface area contributed by atoms with Gasteiger partial charge in [-0.3, -0.25) is 0 Å². The number of para-hydroxylation sites is 2. The third-order valence-corrected chi connectivity index (χ3v) is 3.09. The van der Waals surface area contributed by atoms with Crippen LogP contribution in [0, 0.1) is 0 Å². The summed E-state index contributed by atoms with van der Waals surface area (Å²) < 4.78 is 11.0. The van der Waals surface area contributed by atoms with E-state index in [9.17, 15) is 0 Å². The number of benzene rings is 2. The van der Waals surface area contributed by atoms with Crippen molar-refractivity contribution in [1.82, 2.24) is 0 Å². The summed E-state index contributed by atoms with van der Waals surface area (Å²) in [6, 6.07) is 12.8. The molecular formula is C15H16ClNO2. The minimum atomic E-state index is -0.104. The Labute approximate surface area is 117 Å². The van der Waals surface area contributed by atoms with Gasteiger partial charge in [0.15, 0.2) is 11.5 Å². The Morgan fingerprint density at radius 3 is 2.37 bits per heavy atom. The second kappa shape index (κ2) is 5.95. The van der Waals surface area contributed by atoms with Crippen LogP contribution >= 0.6 is 11.6 Å². The standard InChI is InChI=1S/C15H16ClNO2/c1-10(17)12-8-7-11(9-13(12)16)19-15-6-4-3-5-14(15)18-2/h3-10H,17H2,1-2H3. The van der Waals surface area contributed by atoms with E-state index >= 15 is 0 Å². The third-order valence-electron chi connectivity index (χ3n) is 2.76. The van der Waals surface area contributed by atoms with Crippen LogP contribution in [0.1, 0.15) is 18.5 Å². The van der Waals surface area contributed by atoms with Crippen molar-refractivity contribution in [2.45, 2.75) is 13.0 Å². The molecule has 0 saturated carbocycles. The molecule has 0 aliphatic carbocycles. The van der Waals surface area contributed by atoms with Gasteiger partial charge in [-0.25, -0.2) is 0 Å². The van der Waals surface area contributed by atoms with Gasteiger partial charge in [0.2, 0.25) is 0 Å². The summed E-state index contributed by atoms with van der Waals surface area (Å²) >= 11 is 6.17. The highest BCUT2D eigenvalue weighted by molar-refractivity contribution is 6.31. The lowest BCUT2D eigenvalue weighted by molar-refractivity contribution is 0.379. The number of hydrogen-bond acceptors (Lipinski definition) is 3. The Balaban J connectivity index is 2.26. The van der Waals surface area contributed by atoms with E-state index in [4.69, 9.17) is 26.8 Å². The second-order valence-corrected chi connectivity index (χ2v) is 4.63. The third kappa shape index (κ3) is 3.19. The molecule has 2 aromatic rings. The summed E-state index contributed by atoms with van der Waals surface area (Å²) in [4.78, 5) is 0. The molecule has 0 bridgehead atoms. The summed E-state index contributed by atoms with van der Waals surface area (Å²) in [7, 11) is 1.61. The van der Waals surface area contributed by atoms with E-state index in [0.29, 0.717) is 22.3 Å². The maximum absolute atomic E-state index is 6.17. The van der Waals surface area contributed by atoms with Gasteiger partial charge in [-0.15, -0.1) is 0 Å². The van der Waals surface area contributed by atoms with Gasteiger partial charge in [0.1, 0.15) is 5.75 Å². The van der Waals surface area contributed by atoms with Crippen LogP contribution in [0.25, 0.3) is 0 Å². The van der Waals surface area contributed by atoms with Crippen molar-refractivity contribution in [3.63, 3.8) is 0 Å². The molecule has 2 rings (SSSR count). The van der Waals surface area contributed by atoms with Crippen LogP contribution in [0.3, 0.4) is 0 Å². The SMILES string of the molecule is COc1ccccc1Oc1ccc(C(C)N)c(Cl)c1. The van der Waals surface area contributed by atoms with Crippen LogP contribution in [-0.4, -0.2) is 7.11 Å². The maximum atomic E-state index is 6.17. The lowest BCUT2D eigenvalue weighted by Gasteiger charge is -2.12. The van der Waals surface area contributed by atoms with Crippen molar-refractivity contribution in [2.24, 2.45) is 5.73 Å². The first-order chi connectivity index (χ1) is 9.11. The summed E-state index contributed by atoms with van der Waals surface area (Å²) in [5, 5.41) is 0.599. The molecule has 19 heavy (non-hydrogen) atoms. The van der Waals surface area contributed by atoms with Gasteiger partial charge in [-0.2, -0.15) is 0 Å². The fourth-order valence-corrected chi connectivity index (χ4v) is 2.11. The van der Waals surface area contributed by atoms with E-state index in [1.807, 2.05) is 43.3 Å². The average molecular weight is 278 g/mol. The molecular weight excluding hydrogens is 262 g/mol. The van der Waals surface area contributed by atoms with Crippen LogP contribution in [0.15, 0.2) is 42.5 Å². The summed E-state index contributed by atoms with van der Waals surface area (Å²) in [6.45, 7) is 1.89. The fraction of sp³-hybridized carbons (Fsp3) is 0.200. The Bertz CT molecular complexity index is 570. The molecule has 0 heterocycles. The normalized spacial score (nSPS) is 12.0. The number of hydrogen-bond donors (Lipinski definition) is 1. The van der Waals surface area contributed by atoms with Crippen LogP contribution in [0.4, 0.5) is 0 Å². The number of halogens is 1. The molecule has 0 aliphatic heterocycles. The summed E-state index contributed by atoms with van der Waals surface area (Å²) in [5.41, 5.74) is 6.71. The van der Waals surface area contributed by atoms with Crippen molar-refractivity contribution in [3.8, 4) is 17.2 Å². The average Bonchev–Trinajstić information content (AvgIpc) is 2.39. The van der Waals surface area contributed by atoms with E-state index in [-0.39, 0.29) is 6.04 Å². The molecule has 1 unspecified atom stereocenters. The minimum Gasteiger partial charge on any atom is -0.493 e. The molecule has 2 aromatic carbocycles. The van der Waals surface area contributed by atoms with Gasteiger partial charge in [0, 0.05) is 11.1 Å². The number of rotatable bonds is 4. The monoisotopic (exact) mass is 277 g/mol. The van der Waals surface area contributed by atoms with Gasteiger partial charge in [0.05, 0.1) is 7.11 Å². The zero-order valence-corrected chi connectivity index (χ0v) is 11.6. The van der Waals surface area contributed by atoms with Gasteiger partial charge in [0.25, 0.3) is 0 Å². The van der Waals surface area contributed by atoms with E-state index in [0.717, 1.165) is 5.56 Å². The highest BCUT2D eigenvalue weighted by Crippen LogP contribution is 2.33. The first kappa shape index (κ1) is 13.7. The van der Waals surface area contributed by atoms with Crippen molar-refractivity contribution in [3.05, 3.63) is 53.1 Å². The van der Waals surface area contributed by atoms with Crippen molar-refractivity contribution in [2.75, 3.05) is 7.11 Å². The molecule has 0 fully saturated rings. The fourth-order valence-electron chi connectivity index (χ4n) is 1.77. The van der Waals surface area contributed by atoms with Gasteiger partial charge in [-0.1, -0.05) is 29.8 Å². The lowest BCUT2D eigenvalue weighted by atomic mass is 10.1. The van der Waals surface area contributed by atoms with Crippen molar-refractivity contribution in [1.29, 1.82) is 0 Å². The van der Waals surface area contributed by atoms with Gasteiger partial charge in [-0.05, 0) is 36.8 Å². The molecule has 2 N–H and O–H groups in total. The number of nitrogens with two attached hydrogens (primary N) is 1. The van der Waals surface area contributed by atoms with E-state index in [1.54, 1.807) is 13.2 Å². The Kier molecular flexibility index (Phi) is 4.30. The predicted molar refractivity (Wildman–Crippen MR) is 77.1 cm³/mol. The summed E-state index contributed by atoms with van der Waals surface area (Å²) in [6.07, 6.45) is 0. The van der Waals surface area contributed by atoms with E-state index in [1.165, 1.54) is 0 Å². The number of methoxy groups -OCH3 is 1. The van der Waals surface area contributed by atoms with E-state index in [2.05, 4.69) is 0 Å². The lowest BCUT2D eigenvalue weighted by Crippen LogP contribution is -2.05. The van der Waals surface area contributed by atoms with Gasteiger partial charge >= 0.3 is 0 Å². The molecule has 1 atom stereocenters. The maximum Gasteiger partial charge on any atom is 0.169 e. The highest BCUT2D eigenvalue weighted by atomic mass is 35.5. The highest BCUT2D eigenvalue weighted by Gasteiger charge is 2.09. The Hall–Kier alpha value is -1.71. The van der Waals surface area contributed by atoms with Gasteiger partial charge < -0.3 is 15.2 Å². The van der Waals surface area contributed by atoms with Crippen LogP contribution in [0.2, 0.25) is 5.02 Å². The zero-order valence-electron chi connectivity index (χ0n) is 10.9. The van der Waals surface area contributed by atoms with E-state index < -0.39 is 0 Å². The molecule has 4 heteroatoms. The quantitative estimate of drug-likeness (QED) is 0.912. The number of ether oxygens (including phenoxy) is 2. The Morgan fingerprint density at radius 1 is 1.11 bits per heavy atom. The minimum absolute atomic E-state index is 0.104. The molecule has 0 aliphatic rings. The second-order valence-electron chi connectivity index (χ2n) is 4.22. The topological polar surface area (TPSA) is 44.5 Å². The molecule has 0 amide bonds. The zero-order chi connectivity index (χ0) is 13.8. The Morgan fingerprint density at radius 2 is 1.79 bits per heavy atom. The molecule has 0 aromatic heterocycles. The van der Waals surface area contributed by atoms with Crippen LogP contribution in [0.5, 0.6) is 17.2 Å². The molecule has 100 valence electrons. The molecule has 3 nitrogen and oxygen atoms in total. The van der Waals surface area contributed by atoms with Crippen molar-refractivity contribution >= 4 is 11.6 Å². The smallest absolute Gasteiger partial charge is 0.169 e. The van der Waals surface area contributed by atoms with Crippen LogP contribution < -0.4 is 15.2 Å². The van der Waals surface area contributed by atoms with Crippen molar-refractivity contribution < 1.29 is 9.47 Å². The molecule has 0 saturated heterocycles. The molecule has 0 radical (unpaired) electrons. The largest absolute Gasteiger partial charge is 0.493 e. The van der Waals surface area contributed by atoms with Crippen LogP contribution in [-0.2, 0) is 0 Å².